The number of nitrogens with one attached hydrogen (secondary N) is 1. The van der Waals surface area contributed by atoms with E-state index in [0.717, 1.165) is 23.1 Å². The number of hydrogen-bond acceptors (Lipinski definition) is 2. The average Bonchev–Trinajstić information content (AvgIpc) is 2.61. The van der Waals surface area contributed by atoms with Crippen LogP contribution in [0.3, 0.4) is 0 Å². The lowest BCUT2D eigenvalue weighted by atomic mass is 10.1. The summed E-state index contributed by atoms with van der Waals surface area (Å²) in [7, 11) is 0. The number of hydrogen-bond donors (Lipinski definition) is 1. The summed E-state index contributed by atoms with van der Waals surface area (Å²) in [6.45, 7) is 1.37. The van der Waals surface area contributed by atoms with Gasteiger partial charge in [0.15, 0.2) is 0 Å². The SMILES string of the molecule is CCN(CC(=O)Nc1c(Cl)cccc1Cl)C(=O)c1cccc(C(F)(F)F)c1. The molecule has 0 heterocycles. The number of carbonyl (C=O) groups is 2. The molecule has 0 fully saturated rings. The van der Waals surface area contributed by atoms with Crippen molar-refractivity contribution < 1.29 is 22.8 Å². The minimum Gasteiger partial charge on any atom is -0.330 e. The van der Waals surface area contributed by atoms with E-state index in [9.17, 15) is 22.8 Å². The molecule has 144 valence electrons. The smallest absolute Gasteiger partial charge is 0.330 e. The van der Waals surface area contributed by atoms with E-state index in [0.29, 0.717) is 0 Å². The predicted molar refractivity (Wildman–Crippen MR) is 98.1 cm³/mol. The second-order valence-electron chi connectivity index (χ2n) is 5.54. The Bertz CT molecular complexity index is 836. The summed E-state index contributed by atoms with van der Waals surface area (Å²) in [5.41, 5.74) is -0.889. The molecule has 0 unspecified atom stereocenters. The average molecular weight is 419 g/mol. The zero-order valence-corrected chi connectivity index (χ0v) is 15.6. The number of benzene rings is 2. The molecule has 4 nitrogen and oxygen atoms in total. The van der Waals surface area contributed by atoms with Gasteiger partial charge in [-0.1, -0.05) is 35.3 Å². The number of nitrogens with zero attached hydrogens (tertiary/aromatic N) is 1. The summed E-state index contributed by atoms with van der Waals surface area (Å²) in [6.07, 6.45) is -4.56. The summed E-state index contributed by atoms with van der Waals surface area (Å²) in [6, 6.07) is 8.72. The lowest BCUT2D eigenvalue weighted by molar-refractivity contribution is -0.137. The minimum absolute atomic E-state index is 0.124. The summed E-state index contributed by atoms with van der Waals surface area (Å²) in [5.74, 6) is -1.27. The Morgan fingerprint density at radius 2 is 1.67 bits per heavy atom. The quantitative estimate of drug-likeness (QED) is 0.732. The number of amides is 2. The zero-order valence-electron chi connectivity index (χ0n) is 14.1. The van der Waals surface area contributed by atoms with Crippen molar-refractivity contribution in [1.82, 2.24) is 4.90 Å². The van der Waals surface area contributed by atoms with Crippen LogP contribution in [0.4, 0.5) is 18.9 Å². The van der Waals surface area contributed by atoms with Gasteiger partial charge in [-0.2, -0.15) is 13.2 Å². The first-order valence-electron chi connectivity index (χ1n) is 7.84. The van der Waals surface area contributed by atoms with Gasteiger partial charge < -0.3 is 10.2 Å². The molecule has 2 aromatic rings. The highest BCUT2D eigenvalue weighted by molar-refractivity contribution is 6.39. The standard InChI is InChI=1S/C18H15Cl2F3N2O2/c1-2-25(10-15(26)24-16-13(19)7-4-8-14(16)20)17(27)11-5-3-6-12(9-11)18(21,22)23/h3-9H,2,10H2,1H3,(H,24,26). The molecule has 0 aliphatic carbocycles. The topological polar surface area (TPSA) is 49.4 Å². The van der Waals surface area contributed by atoms with Crippen LogP contribution in [0.25, 0.3) is 0 Å². The number of para-hydroxylation sites is 1. The summed E-state index contributed by atoms with van der Waals surface area (Å²) in [5, 5.41) is 2.96. The third kappa shape index (κ3) is 5.37. The molecule has 0 atom stereocenters. The molecule has 2 rings (SSSR count). The maximum atomic E-state index is 12.8. The van der Waals surface area contributed by atoms with Crippen LogP contribution in [0.1, 0.15) is 22.8 Å². The molecular formula is C18H15Cl2F3N2O2. The van der Waals surface area contributed by atoms with E-state index in [1.165, 1.54) is 18.2 Å². The number of likely N-dealkylation sites (N-methyl/N-ethyl adjacent to an activating group) is 1. The minimum atomic E-state index is -4.56. The molecule has 0 saturated carbocycles. The van der Waals surface area contributed by atoms with E-state index in [1.807, 2.05) is 0 Å². The van der Waals surface area contributed by atoms with Crippen LogP contribution in [0.5, 0.6) is 0 Å². The first-order valence-corrected chi connectivity index (χ1v) is 8.59. The van der Waals surface area contributed by atoms with Gasteiger partial charge in [0.2, 0.25) is 5.91 Å². The van der Waals surface area contributed by atoms with E-state index < -0.39 is 23.6 Å². The Morgan fingerprint density at radius 3 is 2.22 bits per heavy atom. The molecule has 0 radical (unpaired) electrons. The van der Waals surface area contributed by atoms with E-state index in [2.05, 4.69) is 5.32 Å². The van der Waals surface area contributed by atoms with E-state index in [-0.39, 0.29) is 34.4 Å². The maximum Gasteiger partial charge on any atom is 0.416 e. The fraction of sp³-hybridized carbons (Fsp3) is 0.222. The van der Waals surface area contributed by atoms with Crippen molar-refractivity contribution in [2.45, 2.75) is 13.1 Å². The largest absolute Gasteiger partial charge is 0.416 e. The molecule has 1 N–H and O–H groups in total. The second kappa shape index (κ2) is 8.63. The number of anilines is 1. The van der Waals surface area contributed by atoms with Gasteiger partial charge in [-0.05, 0) is 37.3 Å². The first-order chi connectivity index (χ1) is 12.6. The van der Waals surface area contributed by atoms with Crippen molar-refractivity contribution in [1.29, 1.82) is 0 Å². The Balaban J connectivity index is 2.15. The molecule has 2 amide bonds. The van der Waals surface area contributed by atoms with Crippen molar-refractivity contribution in [3.8, 4) is 0 Å². The molecule has 0 aliphatic heterocycles. The van der Waals surface area contributed by atoms with Gasteiger partial charge in [0, 0.05) is 12.1 Å². The van der Waals surface area contributed by atoms with Crippen molar-refractivity contribution in [2.24, 2.45) is 0 Å². The fourth-order valence-electron chi connectivity index (χ4n) is 2.31. The molecular weight excluding hydrogens is 404 g/mol. The highest BCUT2D eigenvalue weighted by Gasteiger charge is 2.31. The highest BCUT2D eigenvalue weighted by Crippen LogP contribution is 2.30. The normalized spacial score (nSPS) is 11.2. The molecule has 0 saturated heterocycles. The van der Waals surface area contributed by atoms with Gasteiger partial charge in [0.25, 0.3) is 5.91 Å². The molecule has 27 heavy (non-hydrogen) atoms. The van der Waals surface area contributed by atoms with Gasteiger partial charge in [0.05, 0.1) is 21.3 Å². The Morgan fingerprint density at radius 1 is 1.07 bits per heavy atom. The second-order valence-corrected chi connectivity index (χ2v) is 6.36. The zero-order chi connectivity index (χ0) is 20.2. The van der Waals surface area contributed by atoms with Crippen LogP contribution in [-0.2, 0) is 11.0 Å². The Kier molecular flexibility index (Phi) is 6.73. The van der Waals surface area contributed by atoms with Gasteiger partial charge in [-0.25, -0.2) is 0 Å². The number of rotatable bonds is 5. The van der Waals surface area contributed by atoms with Gasteiger partial charge in [0.1, 0.15) is 6.54 Å². The van der Waals surface area contributed by atoms with Gasteiger partial charge in [-0.15, -0.1) is 0 Å². The van der Waals surface area contributed by atoms with Crippen LogP contribution in [0.2, 0.25) is 10.0 Å². The molecule has 0 bridgehead atoms. The van der Waals surface area contributed by atoms with Crippen LogP contribution < -0.4 is 5.32 Å². The van der Waals surface area contributed by atoms with Crippen LogP contribution in [-0.4, -0.2) is 29.8 Å². The monoisotopic (exact) mass is 418 g/mol. The Hall–Kier alpha value is -2.25. The van der Waals surface area contributed by atoms with Crippen molar-refractivity contribution in [3.63, 3.8) is 0 Å². The van der Waals surface area contributed by atoms with E-state index in [4.69, 9.17) is 23.2 Å². The molecule has 0 aromatic heterocycles. The third-order valence-corrected chi connectivity index (χ3v) is 4.30. The molecule has 0 aliphatic rings. The van der Waals surface area contributed by atoms with E-state index >= 15 is 0 Å². The lowest BCUT2D eigenvalue weighted by Gasteiger charge is -2.21. The predicted octanol–water partition coefficient (Wildman–Crippen LogP) is 5.11. The summed E-state index contributed by atoms with van der Waals surface area (Å²) >= 11 is 12.0. The lowest BCUT2D eigenvalue weighted by Crippen LogP contribution is -2.38. The van der Waals surface area contributed by atoms with Crippen LogP contribution in [0.15, 0.2) is 42.5 Å². The number of alkyl halides is 3. The first kappa shape index (κ1) is 21.1. The Labute approximate surface area is 163 Å². The molecule has 2 aromatic carbocycles. The van der Waals surface area contributed by atoms with Crippen molar-refractivity contribution in [2.75, 3.05) is 18.4 Å². The van der Waals surface area contributed by atoms with E-state index in [1.54, 1.807) is 13.0 Å². The van der Waals surface area contributed by atoms with Crippen LogP contribution >= 0.6 is 23.2 Å². The highest BCUT2D eigenvalue weighted by atomic mass is 35.5. The van der Waals surface area contributed by atoms with Crippen molar-refractivity contribution in [3.05, 3.63) is 63.6 Å². The molecule has 9 heteroatoms. The third-order valence-electron chi connectivity index (χ3n) is 3.67. The van der Waals surface area contributed by atoms with Gasteiger partial charge >= 0.3 is 6.18 Å². The summed E-state index contributed by atoms with van der Waals surface area (Å²) in [4.78, 5) is 25.9. The number of halogens is 5. The number of carbonyl (C=O) groups excluding carboxylic acids is 2. The van der Waals surface area contributed by atoms with Crippen LogP contribution in [0, 0.1) is 0 Å². The molecule has 0 spiro atoms. The van der Waals surface area contributed by atoms with Gasteiger partial charge in [-0.3, -0.25) is 9.59 Å². The fourth-order valence-corrected chi connectivity index (χ4v) is 2.80. The summed E-state index contributed by atoms with van der Waals surface area (Å²) < 4.78 is 38.5. The van der Waals surface area contributed by atoms with Crippen molar-refractivity contribution >= 4 is 40.7 Å². The maximum absolute atomic E-state index is 12.8.